The second kappa shape index (κ2) is 5.93. The lowest BCUT2D eigenvalue weighted by Gasteiger charge is -2.07. The van der Waals surface area contributed by atoms with Gasteiger partial charge >= 0.3 is 5.97 Å². The molecule has 2 rings (SSSR count). The number of hydrogen-bond donors (Lipinski definition) is 2. The van der Waals surface area contributed by atoms with Crippen LogP contribution in [0.2, 0.25) is 0 Å². The van der Waals surface area contributed by atoms with Gasteiger partial charge in [-0.25, -0.2) is 0 Å². The van der Waals surface area contributed by atoms with E-state index in [0.717, 1.165) is 5.56 Å². The Kier molecular flexibility index (Phi) is 4.05. The Morgan fingerprint density at radius 1 is 1.05 bits per heavy atom. The molecule has 0 radical (unpaired) electrons. The number of aromatic hydroxyl groups is 2. The average Bonchev–Trinajstić information content (AvgIpc) is 2.42. The number of carbonyl (C=O) groups excluding carboxylic acids is 1. The highest BCUT2D eigenvalue weighted by Gasteiger charge is 2.11. The largest absolute Gasteiger partial charge is 0.504 e. The first-order valence-electron chi connectivity index (χ1n) is 6.04. The summed E-state index contributed by atoms with van der Waals surface area (Å²) in [5.74, 6) is -1.41. The summed E-state index contributed by atoms with van der Waals surface area (Å²) < 4.78 is 4.84. The Labute approximate surface area is 116 Å². The molecule has 2 aromatic carbocycles. The van der Waals surface area contributed by atoms with E-state index in [0.29, 0.717) is 5.56 Å². The molecule has 0 spiro atoms. The molecule has 2 aromatic rings. The third-order valence-corrected chi connectivity index (χ3v) is 2.60. The molecule has 0 aliphatic rings. The Balaban J connectivity index is 2.31. The van der Waals surface area contributed by atoms with Gasteiger partial charge in [0.1, 0.15) is 0 Å². The summed E-state index contributed by atoms with van der Waals surface area (Å²) in [5, 5.41) is 19.2. The second-order valence-electron chi connectivity index (χ2n) is 4.22. The van der Waals surface area contributed by atoms with Crippen molar-refractivity contribution in [1.29, 1.82) is 0 Å². The third kappa shape index (κ3) is 3.38. The minimum atomic E-state index is -0.566. The van der Waals surface area contributed by atoms with Crippen molar-refractivity contribution in [1.82, 2.24) is 0 Å². The Hall–Kier alpha value is -2.75. The van der Waals surface area contributed by atoms with E-state index in [2.05, 4.69) is 0 Å². The van der Waals surface area contributed by atoms with E-state index < -0.39 is 11.7 Å². The number of rotatable bonds is 3. The molecule has 0 bridgehead atoms. The minimum Gasteiger partial charge on any atom is -0.504 e. The first-order chi connectivity index (χ1) is 9.56. The first kappa shape index (κ1) is 13.7. The molecule has 0 saturated heterocycles. The SMILES string of the molecule is CC(=O)Oc1cc(C=Cc2ccccc2)cc(O)c1O. The van der Waals surface area contributed by atoms with Gasteiger partial charge in [0.25, 0.3) is 0 Å². The fourth-order valence-electron chi connectivity index (χ4n) is 1.70. The van der Waals surface area contributed by atoms with Crippen molar-refractivity contribution in [2.45, 2.75) is 6.92 Å². The fourth-order valence-corrected chi connectivity index (χ4v) is 1.70. The molecule has 2 N–H and O–H groups in total. The normalized spacial score (nSPS) is 10.7. The van der Waals surface area contributed by atoms with E-state index >= 15 is 0 Å². The van der Waals surface area contributed by atoms with Gasteiger partial charge in [0.15, 0.2) is 11.5 Å². The van der Waals surface area contributed by atoms with Crippen molar-refractivity contribution in [2.75, 3.05) is 0 Å². The maximum atomic E-state index is 10.9. The number of phenols is 2. The predicted octanol–water partition coefficient (Wildman–Crippen LogP) is 3.19. The van der Waals surface area contributed by atoms with Crippen LogP contribution in [-0.2, 0) is 4.79 Å². The average molecular weight is 270 g/mol. The lowest BCUT2D eigenvalue weighted by molar-refractivity contribution is -0.132. The van der Waals surface area contributed by atoms with Gasteiger partial charge in [-0.05, 0) is 23.3 Å². The summed E-state index contributed by atoms with van der Waals surface area (Å²) in [6.07, 6.45) is 3.60. The molecule has 0 atom stereocenters. The predicted molar refractivity (Wildman–Crippen MR) is 76.5 cm³/mol. The zero-order chi connectivity index (χ0) is 14.5. The van der Waals surface area contributed by atoms with Crippen LogP contribution in [0.25, 0.3) is 12.2 Å². The van der Waals surface area contributed by atoms with Gasteiger partial charge in [-0.3, -0.25) is 4.79 Å². The van der Waals surface area contributed by atoms with Crippen molar-refractivity contribution >= 4 is 18.1 Å². The van der Waals surface area contributed by atoms with Crippen LogP contribution < -0.4 is 4.74 Å². The fraction of sp³-hybridized carbons (Fsp3) is 0.0625. The zero-order valence-electron chi connectivity index (χ0n) is 10.9. The molecule has 0 heterocycles. The highest BCUT2D eigenvalue weighted by molar-refractivity contribution is 5.75. The van der Waals surface area contributed by atoms with Gasteiger partial charge in [-0.1, -0.05) is 42.5 Å². The maximum absolute atomic E-state index is 10.9. The van der Waals surface area contributed by atoms with Crippen molar-refractivity contribution in [2.24, 2.45) is 0 Å². The second-order valence-corrected chi connectivity index (χ2v) is 4.22. The van der Waals surface area contributed by atoms with Gasteiger partial charge in [0, 0.05) is 6.92 Å². The summed E-state index contributed by atoms with van der Waals surface area (Å²) in [4.78, 5) is 10.9. The topological polar surface area (TPSA) is 66.8 Å². The van der Waals surface area contributed by atoms with Gasteiger partial charge in [-0.15, -0.1) is 0 Å². The van der Waals surface area contributed by atoms with Crippen LogP contribution in [0.3, 0.4) is 0 Å². The lowest BCUT2D eigenvalue weighted by Crippen LogP contribution is -2.01. The van der Waals surface area contributed by atoms with Crippen LogP contribution in [0.5, 0.6) is 17.2 Å². The van der Waals surface area contributed by atoms with Crippen LogP contribution in [0.15, 0.2) is 42.5 Å². The zero-order valence-corrected chi connectivity index (χ0v) is 10.9. The maximum Gasteiger partial charge on any atom is 0.308 e. The van der Waals surface area contributed by atoms with Gasteiger partial charge < -0.3 is 14.9 Å². The summed E-state index contributed by atoms with van der Waals surface area (Å²) in [6.45, 7) is 1.23. The highest BCUT2D eigenvalue weighted by atomic mass is 16.5. The molecule has 20 heavy (non-hydrogen) atoms. The number of phenolic OH excluding ortho intramolecular Hbond substituents is 2. The monoisotopic (exact) mass is 270 g/mol. The highest BCUT2D eigenvalue weighted by Crippen LogP contribution is 2.37. The molecular weight excluding hydrogens is 256 g/mol. The summed E-state index contributed by atoms with van der Waals surface area (Å²) in [6, 6.07) is 12.5. The standard InChI is InChI=1S/C16H14O4/c1-11(17)20-15-10-13(9-14(18)16(15)19)8-7-12-5-3-2-4-6-12/h2-10,18-19H,1H3. The quantitative estimate of drug-likeness (QED) is 0.389. The van der Waals surface area contributed by atoms with Gasteiger partial charge in [0.05, 0.1) is 0 Å². The molecule has 0 amide bonds. The van der Waals surface area contributed by atoms with Crippen LogP contribution >= 0.6 is 0 Å². The number of benzene rings is 2. The number of esters is 1. The van der Waals surface area contributed by atoms with E-state index in [1.54, 1.807) is 6.08 Å². The van der Waals surface area contributed by atoms with Crippen LogP contribution in [0, 0.1) is 0 Å². The smallest absolute Gasteiger partial charge is 0.308 e. The van der Waals surface area contributed by atoms with Crippen molar-refractivity contribution in [3.8, 4) is 17.2 Å². The van der Waals surface area contributed by atoms with E-state index in [9.17, 15) is 15.0 Å². The van der Waals surface area contributed by atoms with Crippen molar-refractivity contribution in [3.63, 3.8) is 0 Å². The molecule has 0 aliphatic carbocycles. The van der Waals surface area contributed by atoms with Gasteiger partial charge in [0.2, 0.25) is 5.75 Å². The molecule has 0 fully saturated rings. The van der Waals surface area contributed by atoms with Crippen LogP contribution in [-0.4, -0.2) is 16.2 Å². The van der Waals surface area contributed by atoms with E-state index in [1.165, 1.54) is 19.1 Å². The molecule has 0 aromatic heterocycles. The summed E-state index contributed by atoms with van der Waals surface area (Å²) in [7, 11) is 0. The van der Waals surface area contributed by atoms with E-state index in [1.807, 2.05) is 36.4 Å². The third-order valence-electron chi connectivity index (χ3n) is 2.60. The van der Waals surface area contributed by atoms with Crippen LogP contribution in [0.4, 0.5) is 0 Å². The minimum absolute atomic E-state index is 0.0646. The van der Waals surface area contributed by atoms with Crippen LogP contribution in [0.1, 0.15) is 18.1 Å². The van der Waals surface area contributed by atoms with Crippen molar-refractivity contribution < 1.29 is 19.7 Å². The van der Waals surface area contributed by atoms with Gasteiger partial charge in [-0.2, -0.15) is 0 Å². The van der Waals surface area contributed by atoms with E-state index in [-0.39, 0.29) is 11.5 Å². The lowest BCUT2D eigenvalue weighted by atomic mass is 10.1. The summed E-state index contributed by atoms with van der Waals surface area (Å²) >= 11 is 0. The summed E-state index contributed by atoms with van der Waals surface area (Å²) in [5.41, 5.74) is 1.61. The van der Waals surface area contributed by atoms with E-state index in [4.69, 9.17) is 4.74 Å². The number of carbonyl (C=O) groups is 1. The molecule has 0 unspecified atom stereocenters. The Bertz CT molecular complexity index is 645. The molecule has 4 heteroatoms. The Morgan fingerprint density at radius 3 is 2.35 bits per heavy atom. The molecule has 4 nitrogen and oxygen atoms in total. The molecule has 102 valence electrons. The molecule has 0 aliphatic heterocycles. The van der Waals surface area contributed by atoms with Crippen molar-refractivity contribution in [3.05, 3.63) is 53.6 Å². The number of hydrogen-bond acceptors (Lipinski definition) is 4. The molecule has 0 saturated carbocycles. The Morgan fingerprint density at radius 2 is 1.70 bits per heavy atom. The molecular formula is C16H14O4. The number of ether oxygens (including phenoxy) is 1. The first-order valence-corrected chi connectivity index (χ1v) is 6.04.